The van der Waals surface area contributed by atoms with E-state index in [1.54, 1.807) is 17.5 Å². The lowest BCUT2D eigenvalue weighted by Crippen LogP contribution is -2.13. The minimum Gasteiger partial charge on any atom is -0.349 e. The van der Waals surface area contributed by atoms with Crippen LogP contribution in [0.25, 0.3) is 0 Å². The molecule has 0 aromatic carbocycles. The molecule has 1 unspecified atom stereocenters. The highest BCUT2D eigenvalue weighted by Crippen LogP contribution is 2.23. The van der Waals surface area contributed by atoms with Crippen molar-refractivity contribution in [2.24, 2.45) is 5.73 Å². The van der Waals surface area contributed by atoms with E-state index in [4.69, 9.17) is 5.73 Å². The molecular weight excluding hydrogens is 194 g/mol. The number of nitrogens with one attached hydrogen (secondary N) is 1. The topological polar surface area (TPSA) is 54.7 Å². The van der Waals surface area contributed by atoms with E-state index in [2.05, 4.69) is 28.3 Å². The number of H-pyrrole nitrogens is 1. The van der Waals surface area contributed by atoms with Gasteiger partial charge in [0, 0.05) is 29.7 Å². The molecule has 0 aliphatic carbocycles. The summed E-state index contributed by atoms with van der Waals surface area (Å²) in [4.78, 5) is 8.48. The van der Waals surface area contributed by atoms with Crippen LogP contribution in [0.3, 0.4) is 0 Å². The maximum atomic E-state index is 6.08. The van der Waals surface area contributed by atoms with Crippen LogP contribution in [0.15, 0.2) is 23.8 Å². The van der Waals surface area contributed by atoms with Crippen molar-refractivity contribution < 1.29 is 0 Å². The highest BCUT2D eigenvalue weighted by atomic mass is 32.1. The van der Waals surface area contributed by atoms with Gasteiger partial charge < -0.3 is 10.7 Å². The largest absolute Gasteiger partial charge is 0.349 e. The second kappa shape index (κ2) is 3.94. The molecule has 3 nitrogen and oxygen atoms in total. The lowest BCUT2D eigenvalue weighted by atomic mass is 10.1. The summed E-state index contributed by atoms with van der Waals surface area (Å²) in [6.45, 7) is 2.09. The zero-order chi connectivity index (χ0) is 9.97. The van der Waals surface area contributed by atoms with Crippen molar-refractivity contribution in [3.8, 4) is 0 Å². The predicted molar refractivity (Wildman–Crippen MR) is 58.3 cm³/mol. The fourth-order valence-electron chi connectivity index (χ4n) is 1.47. The average Bonchev–Trinajstić information content (AvgIpc) is 2.75. The van der Waals surface area contributed by atoms with Gasteiger partial charge in [-0.25, -0.2) is 4.98 Å². The van der Waals surface area contributed by atoms with Gasteiger partial charge in [0.2, 0.25) is 0 Å². The molecule has 2 heterocycles. The Balaban J connectivity index is 2.10. The van der Waals surface area contributed by atoms with E-state index in [0.717, 1.165) is 12.2 Å². The molecule has 2 aromatic heterocycles. The summed E-state index contributed by atoms with van der Waals surface area (Å²) < 4.78 is 0. The fraction of sp³-hybridized carbons (Fsp3) is 0.300. The highest BCUT2D eigenvalue weighted by Gasteiger charge is 2.11. The Morgan fingerprint density at radius 1 is 1.64 bits per heavy atom. The Morgan fingerprint density at radius 3 is 3.07 bits per heavy atom. The van der Waals surface area contributed by atoms with Gasteiger partial charge in [-0.05, 0) is 23.9 Å². The zero-order valence-corrected chi connectivity index (χ0v) is 8.84. The third kappa shape index (κ3) is 1.86. The second-order valence-electron chi connectivity index (χ2n) is 3.31. The number of aryl methyl sites for hydroxylation is 1. The van der Waals surface area contributed by atoms with Gasteiger partial charge in [-0.1, -0.05) is 0 Å². The first-order valence-corrected chi connectivity index (χ1v) is 5.43. The molecule has 0 aliphatic rings. The van der Waals surface area contributed by atoms with Gasteiger partial charge in [-0.3, -0.25) is 0 Å². The number of imidazole rings is 1. The van der Waals surface area contributed by atoms with Crippen LogP contribution in [-0.4, -0.2) is 9.97 Å². The summed E-state index contributed by atoms with van der Waals surface area (Å²) in [5, 5.41) is 2.08. The summed E-state index contributed by atoms with van der Waals surface area (Å²) >= 11 is 1.71. The van der Waals surface area contributed by atoms with Crippen molar-refractivity contribution in [1.29, 1.82) is 0 Å². The van der Waals surface area contributed by atoms with E-state index in [0.29, 0.717) is 0 Å². The van der Waals surface area contributed by atoms with Gasteiger partial charge in [0.1, 0.15) is 5.82 Å². The summed E-state index contributed by atoms with van der Waals surface area (Å²) in [5.74, 6) is 0.949. The maximum Gasteiger partial charge on any atom is 0.107 e. The van der Waals surface area contributed by atoms with E-state index >= 15 is 0 Å². The molecule has 2 rings (SSSR count). The number of hydrogen-bond acceptors (Lipinski definition) is 3. The van der Waals surface area contributed by atoms with E-state index < -0.39 is 0 Å². The fourth-order valence-corrected chi connectivity index (χ4v) is 2.41. The normalized spacial score (nSPS) is 13.0. The molecule has 2 aromatic rings. The second-order valence-corrected chi connectivity index (χ2v) is 4.26. The van der Waals surface area contributed by atoms with Gasteiger partial charge in [0.15, 0.2) is 0 Å². The Kier molecular flexibility index (Phi) is 2.65. The Hall–Kier alpha value is -1.13. The highest BCUT2D eigenvalue weighted by molar-refractivity contribution is 7.10. The molecule has 0 spiro atoms. The molecule has 0 bridgehead atoms. The smallest absolute Gasteiger partial charge is 0.107 e. The Morgan fingerprint density at radius 2 is 2.50 bits per heavy atom. The van der Waals surface area contributed by atoms with Crippen molar-refractivity contribution in [3.63, 3.8) is 0 Å². The van der Waals surface area contributed by atoms with Crippen LogP contribution >= 0.6 is 11.3 Å². The van der Waals surface area contributed by atoms with Crippen LogP contribution in [0, 0.1) is 6.92 Å². The number of nitrogens with two attached hydrogens (primary N) is 1. The quantitative estimate of drug-likeness (QED) is 0.809. The van der Waals surface area contributed by atoms with E-state index in [1.165, 1.54) is 10.4 Å². The third-order valence-corrected chi connectivity index (χ3v) is 3.36. The molecule has 0 saturated heterocycles. The first-order valence-electron chi connectivity index (χ1n) is 4.55. The third-order valence-electron chi connectivity index (χ3n) is 2.21. The van der Waals surface area contributed by atoms with Crippen LogP contribution in [0.2, 0.25) is 0 Å². The average molecular weight is 207 g/mol. The molecular formula is C10H13N3S. The molecule has 0 amide bonds. The molecule has 74 valence electrons. The minimum atomic E-state index is 0.0566. The summed E-state index contributed by atoms with van der Waals surface area (Å²) in [6, 6.07) is 2.16. The van der Waals surface area contributed by atoms with Crippen molar-refractivity contribution >= 4 is 11.3 Å². The van der Waals surface area contributed by atoms with Gasteiger partial charge in [0.05, 0.1) is 0 Å². The van der Waals surface area contributed by atoms with Gasteiger partial charge in [0.25, 0.3) is 0 Å². The number of hydrogen-bond donors (Lipinski definition) is 2. The summed E-state index contributed by atoms with van der Waals surface area (Å²) in [5.41, 5.74) is 7.35. The van der Waals surface area contributed by atoms with Crippen molar-refractivity contribution in [1.82, 2.24) is 9.97 Å². The summed E-state index contributed by atoms with van der Waals surface area (Å²) in [6.07, 6.45) is 4.35. The first-order chi connectivity index (χ1) is 6.77. The van der Waals surface area contributed by atoms with Crippen LogP contribution in [0.5, 0.6) is 0 Å². The lowest BCUT2D eigenvalue weighted by Gasteiger charge is -2.08. The first kappa shape index (κ1) is 9.43. The van der Waals surface area contributed by atoms with Crippen molar-refractivity contribution in [2.75, 3.05) is 0 Å². The molecule has 1 atom stereocenters. The molecule has 3 N–H and O–H groups in total. The van der Waals surface area contributed by atoms with Gasteiger partial charge >= 0.3 is 0 Å². The van der Waals surface area contributed by atoms with Crippen LogP contribution < -0.4 is 5.73 Å². The molecule has 14 heavy (non-hydrogen) atoms. The summed E-state index contributed by atoms with van der Waals surface area (Å²) in [7, 11) is 0. The molecule has 0 aliphatic heterocycles. The number of aromatic amines is 1. The lowest BCUT2D eigenvalue weighted by molar-refractivity contribution is 0.703. The number of aromatic nitrogens is 2. The number of thiophene rings is 1. The van der Waals surface area contributed by atoms with Crippen molar-refractivity contribution in [3.05, 3.63) is 40.1 Å². The number of nitrogens with zero attached hydrogens (tertiary/aromatic N) is 1. The zero-order valence-electron chi connectivity index (χ0n) is 8.03. The van der Waals surface area contributed by atoms with Gasteiger partial charge in [-0.15, -0.1) is 11.3 Å². The molecule has 0 saturated carbocycles. The van der Waals surface area contributed by atoms with E-state index in [1.807, 2.05) is 6.20 Å². The predicted octanol–water partition coefficient (Wildman–Crippen LogP) is 2.02. The van der Waals surface area contributed by atoms with E-state index in [9.17, 15) is 0 Å². The monoisotopic (exact) mass is 207 g/mol. The molecule has 0 fully saturated rings. The van der Waals surface area contributed by atoms with Crippen molar-refractivity contribution in [2.45, 2.75) is 19.4 Å². The SMILES string of the molecule is Cc1ccsc1C(N)Cc1ncc[nH]1. The Labute approximate surface area is 87.0 Å². The standard InChI is InChI=1S/C10H13N3S/c1-7-2-5-14-10(7)8(11)6-9-12-3-4-13-9/h2-5,8H,6,11H2,1H3,(H,12,13). The van der Waals surface area contributed by atoms with Crippen LogP contribution in [0.1, 0.15) is 22.3 Å². The van der Waals surface area contributed by atoms with E-state index in [-0.39, 0.29) is 6.04 Å². The number of rotatable bonds is 3. The Bertz CT molecular complexity index is 391. The molecule has 0 radical (unpaired) electrons. The van der Waals surface area contributed by atoms with Crippen LogP contribution in [0.4, 0.5) is 0 Å². The maximum absolute atomic E-state index is 6.08. The van der Waals surface area contributed by atoms with Crippen LogP contribution in [-0.2, 0) is 6.42 Å². The molecule has 4 heteroatoms. The van der Waals surface area contributed by atoms with Gasteiger partial charge in [-0.2, -0.15) is 0 Å². The minimum absolute atomic E-state index is 0.0566.